The summed E-state index contributed by atoms with van der Waals surface area (Å²) in [5.74, 6) is 0.530. The van der Waals surface area contributed by atoms with Crippen LogP contribution in [0.15, 0.2) is 30.3 Å². The Hall–Kier alpha value is -2.54. The molecule has 4 heteroatoms. The van der Waals surface area contributed by atoms with Gasteiger partial charge in [0, 0.05) is 6.07 Å². The molecule has 0 spiro atoms. The summed E-state index contributed by atoms with van der Waals surface area (Å²) in [5.41, 5.74) is 4.80. The highest BCUT2D eigenvalue weighted by Gasteiger charge is 2.15. The Kier molecular flexibility index (Phi) is 2.20. The van der Waals surface area contributed by atoms with E-state index in [4.69, 9.17) is 6.57 Å². The van der Waals surface area contributed by atoms with Crippen LogP contribution >= 0.6 is 0 Å². The molecule has 3 rings (SSSR count). The lowest BCUT2D eigenvalue weighted by Gasteiger charge is -2.00. The fourth-order valence-electron chi connectivity index (χ4n) is 2.06. The summed E-state index contributed by atoms with van der Waals surface area (Å²) in [6.45, 7) is 11.3. The monoisotopic (exact) mass is 236 g/mol. The van der Waals surface area contributed by atoms with Gasteiger partial charge in [-0.25, -0.2) is 0 Å². The number of hydrogen-bond donors (Lipinski definition) is 1. The third-order valence-electron chi connectivity index (χ3n) is 2.95. The van der Waals surface area contributed by atoms with E-state index in [1.54, 1.807) is 4.52 Å². The normalized spacial score (nSPS) is 10.7. The average Bonchev–Trinajstić information content (AvgIpc) is 2.85. The first-order valence-corrected chi connectivity index (χ1v) is 5.72. The van der Waals surface area contributed by atoms with Crippen molar-refractivity contribution in [3.63, 3.8) is 0 Å². The molecular formula is C14H12N4. The molecule has 4 nitrogen and oxygen atoms in total. The summed E-state index contributed by atoms with van der Waals surface area (Å²) in [4.78, 5) is 6.85. The number of H-pyrrole nitrogens is 1. The zero-order chi connectivity index (χ0) is 12.7. The van der Waals surface area contributed by atoms with Crippen LogP contribution in [0.2, 0.25) is 0 Å². The van der Waals surface area contributed by atoms with Crippen LogP contribution in [0.4, 0.5) is 5.82 Å². The molecule has 0 bridgehead atoms. The minimum absolute atomic E-state index is 0.530. The Balaban J connectivity index is 2.26. The standard InChI is InChI=1S/C14H12N4/c1-9-4-6-11(7-5-9)13-14(15-3)18-12(16-13)8-10(2)17-18/h4-8,16H,1-2H3. The predicted octanol–water partition coefficient (Wildman–Crippen LogP) is 3.50. The molecule has 18 heavy (non-hydrogen) atoms. The number of hydrogen-bond acceptors (Lipinski definition) is 1. The first kappa shape index (κ1) is 10.6. The second-order valence-corrected chi connectivity index (χ2v) is 4.38. The lowest BCUT2D eigenvalue weighted by atomic mass is 10.1. The van der Waals surface area contributed by atoms with Crippen molar-refractivity contribution in [2.75, 3.05) is 0 Å². The number of nitrogens with zero attached hydrogens (tertiary/aromatic N) is 3. The van der Waals surface area contributed by atoms with Crippen molar-refractivity contribution in [2.24, 2.45) is 0 Å². The van der Waals surface area contributed by atoms with Crippen molar-refractivity contribution in [1.29, 1.82) is 0 Å². The first-order chi connectivity index (χ1) is 8.69. The van der Waals surface area contributed by atoms with E-state index in [-0.39, 0.29) is 0 Å². The van der Waals surface area contributed by atoms with Crippen molar-refractivity contribution < 1.29 is 0 Å². The van der Waals surface area contributed by atoms with Crippen LogP contribution in [0.25, 0.3) is 21.7 Å². The van der Waals surface area contributed by atoms with Gasteiger partial charge < -0.3 is 9.83 Å². The van der Waals surface area contributed by atoms with Gasteiger partial charge in [-0.15, -0.1) is 4.52 Å². The van der Waals surface area contributed by atoms with Crippen LogP contribution in [0.5, 0.6) is 0 Å². The summed E-state index contributed by atoms with van der Waals surface area (Å²) in [7, 11) is 0. The summed E-state index contributed by atoms with van der Waals surface area (Å²) in [6, 6.07) is 10.0. The van der Waals surface area contributed by atoms with Crippen LogP contribution in [-0.4, -0.2) is 14.6 Å². The maximum Gasteiger partial charge on any atom is 0.281 e. The molecule has 0 radical (unpaired) electrons. The second-order valence-electron chi connectivity index (χ2n) is 4.38. The van der Waals surface area contributed by atoms with E-state index in [2.05, 4.69) is 14.9 Å². The maximum absolute atomic E-state index is 7.33. The molecule has 0 saturated carbocycles. The third kappa shape index (κ3) is 1.49. The van der Waals surface area contributed by atoms with E-state index in [9.17, 15) is 0 Å². The minimum Gasteiger partial charge on any atom is -0.360 e. The van der Waals surface area contributed by atoms with Gasteiger partial charge in [0.05, 0.1) is 11.4 Å². The molecule has 0 unspecified atom stereocenters. The van der Waals surface area contributed by atoms with Crippen LogP contribution in [0.1, 0.15) is 11.3 Å². The van der Waals surface area contributed by atoms with Crippen molar-refractivity contribution in [3.8, 4) is 11.3 Å². The molecule has 0 amide bonds. The highest BCUT2D eigenvalue weighted by atomic mass is 15.3. The Labute approximate surface area is 105 Å². The second kappa shape index (κ2) is 3.74. The Bertz CT molecular complexity index is 754. The molecule has 0 fully saturated rings. The highest BCUT2D eigenvalue weighted by molar-refractivity contribution is 5.76. The van der Waals surface area contributed by atoms with E-state index in [1.807, 2.05) is 44.2 Å². The van der Waals surface area contributed by atoms with Gasteiger partial charge in [0.1, 0.15) is 0 Å². The van der Waals surface area contributed by atoms with Gasteiger partial charge in [0.2, 0.25) is 5.65 Å². The number of nitrogens with one attached hydrogen (secondary N) is 1. The van der Waals surface area contributed by atoms with Gasteiger partial charge in [-0.1, -0.05) is 41.5 Å². The van der Waals surface area contributed by atoms with Gasteiger partial charge in [0.25, 0.3) is 5.82 Å². The topological polar surface area (TPSA) is 37.5 Å². The molecule has 3 aromatic rings. The number of aryl methyl sites for hydroxylation is 2. The number of benzene rings is 1. The molecule has 88 valence electrons. The quantitative estimate of drug-likeness (QED) is 0.645. The molecule has 0 atom stereocenters. The van der Waals surface area contributed by atoms with Crippen LogP contribution < -0.4 is 0 Å². The number of fused-ring (bicyclic) bond motifs is 1. The molecular weight excluding hydrogens is 224 g/mol. The van der Waals surface area contributed by atoms with Crippen molar-refractivity contribution in [1.82, 2.24) is 14.6 Å². The Morgan fingerprint density at radius 1 is 1.22 bits per heavy atom. The molecule has 0 aliphatic heterocycles. The van der Waals surface area contributed by atoms with Crippen LogP contribution in [0, 0.1) is 20.4 Å². The van der Waals surface area contributed by atoms with Crippen LogP contribution in [-0.2, 0) is 0 Å². The number of rotatable bonds is 1. The highest BCUT2D eigenvalue weighted by Crippen LogP contribution is 2.31. The van der Waals surface area contributed by atoms with Gasteiger partial charge in [-0.2, -0.15) is 0 Å². The Morgan fingerprint density at radius 3 is 2.61 bits per heavy atom. The summed E-state index contributed by atoms with van der Waals surface area (Å²) in [6.07, 6.45) is 0. The molecule has 1 aromatic carbocycles. The lowest BCUT2D eigenvalue weighted by Crippen LogP contribution is -1.83. The molecule has 0 aliphatic carbocycles. The van der Waals surface area contributed by atoms with E-state index in [0.717, 1.165) is 22.6 Å². The smallest absolute Gasteiger partial charge is 0.281 e. The molecule has 0 saturated heterocycles. The number of imidazole rings is 1. The first-order valence-electron chi connectivity index (χ1n) is 5.72. The van der Waals surface area contributed by atoms with E-state index >= 15 is 0 Å². The van der Waals surface area contributed by atoms with E-state index < -0.39 is 0 Å². The number of aromatic amines is 1. The molecule has 2 aromatic heterocycles. The van der Waals surface area contributed by atoms with E-state index in [1.165, 1.54) is 5.56 Å². The van der Waals surface area contributed by atoms with E-state index in [0.29, 0.717) is 5.82 Å². The fourth-order valence-corrected chi connectivity index (χ4v) is 2.06. The third-order valence-corrected chi connectivity index (χ3v) is 2.95. The summed E-state index contributed by atoms with van der Waals surface area (Å²) >= 11 is 0. The summed E-state index contributed by atoms with van der Waals surface area (Å²) in [5, 5.41) is 4.32. The van der Waals surface area contributed by atoms with Gasteiger partial charge in [-0.05, 0) is 19.4 Å². The molecule has 2 heterocycles. The fraction of sp³-hybridized carbons (Fsp3) is 0.143. The van der Waals surface area contributed by atoms with Gasteiger partial charge in [0.15, 0.2) is 0 Å². The van der Waals surface area contributed by atoms with Gasteiger partial charge in [-0.3, -0.25) is 0 Å². The Morgan fingerprint density at radius 2 is 1.94 bits per heavy atom. The van der Waals surface area contributed by atoms with Crippen molar-refractivity contribution in [3.05, 3.63) is 53.0 Å². The van der Waals surface area contributed by atoms with Crippen LogP contribution in [0.3, 0.4) is 0 Å². The van der Waals surface area contributed by atoms with Gasteiger partial charge >= 0.3 is 0 Å². The average molecular weight is 236 g/mol. The SMILES string of the molecule is [C-]#[N+]c1c(-c2ccc(C)cc2)[nH]c2cc(C)nn12. The molecule has 1 N–H and O–H groups in total. The van der Waals surface area contributed by atoms with Crippen molar-refractivity contribution in [2.45, 2.75) is 13.8 Å². The molecule has 0 aliphatic rings. The number of aromatic nitrogens is 3. The zero-order valence-electron chi connectivity index (χ0n) is 10.2. The lowest BCUT2D eigenvalue weighted by molar-refractivity contribution is 0.959. The van der Waals surface area contributed by atoms with Crippen molar-refractivity contribution >= 4 is 11.5 Å². The maximum atomic E-state index is 7.33. The summed E-state index contributed by atoms with van der Waals surface area (Å²) < 4.78 is 1.66. The predicted molar refractivity (Wildman–Crippen MR) is 70.7 cm³/mol. The largest absolute Gasteiger partial charge is 0.360 e. The zero-order valence-corrected chi connectivity index (χ0v) is 10.2. The minimum atomic E-state index is 0.530.